The van der Waals surface area contributed by atoms with Crippen molar-refractivity contribution in [2.45, 2.75) is 33.7 Å². The first kappa shape index (κ1) is 15.3. The summed E-state index contributed by atoms with van der Waals surface area (Å²) >= 11 is 3.70. The first-order valence-electron chi connectivity index (χ1n) is 7.09. The summed E-state index contributed by atoms with van der Waals surface area (Å²) in [6, 6.07) is 13.4. The highest BCUT2D eigenvalue weighted by molar-refractivity contribution is 9.10. The molecule has 0 spiro atoms. The van der Waals surface area contributed by atoms with Crippen molar-refractivity contribution in [1.82, 2.24) is 5.32 Å². The largest absolute Gasteiger partial charge is 0.306 e. The lowest BCUT2D eigenvalue weighted by molar-refractivity contribution is 0.625. The Balaban J connectivity index is 2.55. The van der Waals surface area contributed by atoms with Crippen LogP contribution in [0.15, 0.2) is 40.9 Å². The van der Waals surface area contributed by atoms with Crippen LogP contribution in [0, 0.1) is 20.8 Å². The SMILES string of the molecule is CCNC(c1cc(C)ccc1C)c1cc(C)ccc1Br. The van der Waals surface area contributed by atoms with Crippen molar-refractivity contribution in [3.05, 3.63) is 68.7 Å². The normalized spacial score (nSPS) is 12.4. The Kier molecular flexibility index (Phi) is 5.00. The van der Waals surface area contributed by atoms with Gasteiger partial charge in [-0.05, 0) is 50.1 Å². The van der Waals surface area contributed by atoms with Gasteiger partial charge in [0.05, 0.1) is 6.04 Å². The summed E-state index contributed by atoms with van der Waals surface area (Å²) in [6.07, 6.45) is 0. The molecule has 0 radical (unpaired) electrons. The molecule has 0 aliphatic rings. The topological polar surface area (TPSA) is 12.0 Å². The van der Waals surface area contributed by atoms with E-state index in [-0.39, 0.29) is 6.04 Å². The van der Waals surface area contributed by atoms with E-state index in [1.54, 1.807) is 0 Å². The molecule has 2 aromatic carbocycles. The van der Waals surface area contributed by atoms with Gasteiger partial charge < -0.3 is 5.32 Å². The number of hydrogen-bond donors (Lipinski definition) is 1. The number of rotatable bonds is 4. The van der Waals surface area contributed by atoms with Crippen LogP contribution in [-0.2, 0) is 0 Å². The van der Waals surface area contributed by atoms with Gasteiger partial charge in [-0.3, -0.25) is 0 Å². The van der Waals surface area contributed by atoms with Crippen LogP contribution in [0.2, 0.25) is 0 Å². The molecule has 0 saturated heterocycles. The van der Waals surface area contributed by atoms with Gasteiger partial charge in [0.1, 0.15) is 0 Å². The molecule has 0 amide bonds. The summed E-state index contributed by atoms with van der Waals surface area (Å²) in [5.41, 5.74) is 6.59. The number of nitrogens with one attached hydrogen (secondary N) is 1. The predicted molar refractivity (Wildman–Crippen MR) is 90.3 cm³/mol. The van der Waals surface area contributed by atoms with Gasteiger partial charge >= 0.3 is 0 Å². The molecule has 2 rings (SSSR count). The molecule has 0 aromatic heterocycles. The molecular formula is C18H22BrN. The second kappa shape index (κ2) is 6.55. The summed E-state index contributed by atoms with van der Waals surface area (Å²) in [4.78, 5) is 0. The smallest absolute Gasteiger partial charge is 0.0590 e. The van der Waals surface area contributed by atoms with Crippen LogP contribution in [0.3, 0.4) is 0 Å². The van der Waals surface area contributed by atoms with Crippen LogP contribution in [0.5, 0.6) is 0 Å². The monoisotopic (exact) mass is 331 g/mol. The lowest BCUT2D eigenvalue weighted by atomic mass is 9.92. The summed E-state index contributed by atoms with van der Waals surface area (Å²) < 4.78 is 1.16. The van der Waals surface area contributed by atoms with Gasteiger partial charge in [-0.1, -0.05) is 64.3 Å². The predicted octanol–water partition coefficient (Wildman–Crippen LogP) is 5.07. The number of benzene rings is 2. The molecule has 0 fully saturated rings. The van der Waals surface area contributed by atoms with Crippen molar-refractivity contribution < 1.29 is 0 Å². The van der Waals surface area contributed by atoms with E-state index in [9.17, 15) is 0 Å². The molecule has 1 nitrogen and oxygen atoms in total. The summed E-state index contributed by atoms with van der Waals surface area (Å²) in [5.74, 6) is 0. The lowest BCUT2D eigenvalue weighted by Gasteiger charge is -2.23. The fourth-order valence-corrected chi connectivity index (χ4v) is 3.02. The minimum atomic E-state index is 0.231. The number of halogens is 1. The minimum absolute atomic E-state index is 0.231. The third kappa shape index (κ3) is 3.31. The van der Waals surface area contributed by atoms with Crippen molar-refractivity contribution in [3.8, 4) is 0 Å². The number of hydrogen-bond acceptors (Lipinski definition) is 1. The molecule has 1 N–H and O–H groups in total. The van der Waals surface area contributed by atoms with E-state index in [0.717, 1.165) is 11.0 Å². The van der Waals surface area contributed by atoms with Gasteiger partial charge in [-0.15, -0.1) is 0 Å². The van der Waals surface area contributed by atoms with Crippen LogP contribution >= 0.6 is 15.9 Å². The Morgan fingerprint density at radius 2 is 1.55 bits per heavy atom. The van der Waals surface area contributed by atoms with Gasteiger partial charge in [-0.2, -0.15) is 0 Å². The molecule has 0 heterocycles. The first-order valence-corrected chi connectivity index (χ1v) is 7.88. The average Bonchev–Trinajstić information content (AvgIpc) is 2.42. The highest BCUT2D eigenvalue weighted by Gasteiger charge is 2.18. The van der Waals surface area contributed by atoms with Gasteiger partial charge in [0.25, 0.3) is 0 Å². The summed E-state index contributed by atoms with van der Waals surface area (Å²) in [5, 5.41) is 3.62. The van der Waals surface area contributed by atoms with Gasteiger partial charge in [-0.25, -0.2) is 0 Å². The van der Waals surface area contributed by atoms with Crippen molar-refractivity contribution in [2.75, 3.05) is 6.54 Å². The highest BCUT2D eigenvalue weighted by atomic mass is 79.9. The van der Waals surface area contributed by atoms with Crippen molar-refractivity contribution in [3.63, 3.8) is 0 Å². The van der Waals surface area contributed by atoms with Crippen molar-refractivity contribution in [1.29, 1.82) is 0 Å². The van der Waals surface area contributed by atoms with E-state index in [1.807, 2.05) is 0 Å². The average molecular weight is 332 g/mol. The molecule has 106 valence electrons. The second-order valence-electron chi connectivity index (χ2n) is 5.38. The Morgan fingerprint density at radius 3 is 2.20 bits per heavy atom. The van der Waals surface area contributed by atoms with Crippen LogP contribution in [0.25, 0.3) is 0 Å². The Labute approximate surface area is 130 Å². The molecule has 0 bridgehead atoms. The lowest BCUT2D eigenvalue weighted by Crippen LogP contribution is -2.23. The third-order valence-electron chi connectivity index (χ3n) is 3.62. The Morgan fingerprint density at radius 1 is 0.950 bits per heavy atom. The van der Waals surface area contributed by atoms with E-state index < -0.39 is 0 Å². The van der Waals surface area contributed by atoms with Crippen molar-refractivity contribution >= 4 is 15.9 Å². The quantitative estimate of drug-likeness (QED) is 0.824. The zero-order valence-corrected chi connectivity index (χ0v) is 14.2. The molecule has 1 atom stereocenters. The van der Waals surface area contributed by atoms with Gasteiger partial charge in [0.15, 0.2) is 0 Å². The first-order chi connectivity index (χ1) is 9.52. The fraction of sp³-hybridized carbons (Fsp3) is 0.333. The third-order valence-corrected chi connectivity index (χ3v) is 4.34. The zero-order valence-electron chi connectivity index (χ0n) is 12.6. The standard InChI is InChI=1S/C18H22BrN/c1-5-20-18(15-10-12(2)6-8-14(15)4)16-11-13(3)7-9-17(16)19/h6-11,18,20H,5H2,1-4H3. The second-order valence-corrected chi connectivity index (χ2v) is 6.23. The van der Waals surface area contributed by atoms with Gasteiger partial charge in [0.2, 0.25) is 0 Å². The maximum Gasteiger partial charge on any atom is 0.0590 e. The maximum absolute atomic E-state index is 3.70. The summed E-state index contributed by atoms with van der Waals surface area (Å²) in [6.45, 7) is 9.57. The molecule has 20 heavy (non-hydrogen) atoms. The highest BCUT2D eigenvalue weighted by Crippen LogP contribution is 2.31. The van der Waals surface area contributed by atoms with E-state index >= 15 is 0 Å². The van der Waals surface area contributed by atoms with Crippen molar-refractivity contribution in [2.24, 2.45) is 0 Å². The van der Waals surface area contributed by atoms with E-state index in [2.05, 4.69) is 85.3 Å². The molecule has 2 heteroatoms. The van der Waals surface area contributed by atoms with Crippen LogP contribution in [0.1, 0.15) is 40.8 Å². The Bertz CT molecular complexity index is 553. The molecule has 0 aliphatic carbocycles. The number of aryl methyl sites for hydroxylation is 3. The molecule has 2 aromatic rings. The van der Waals surface area contributed by atoms with Crippen LogP contribution in [-0.4, -0.2) is 6.54 Å². The van der Waals surface area contributed by atoms with E-state index in [4.69, 9.17) is 0 Å². The summed E-state index contributed by atoms with van der Waals surface area (Å²) in [7, 11) is 0. The molecule has 1 unspecified atom stereocenters. The Hall–Kier alpha value is -1.12. The zero-order chi connectivity index (χ0) is 14.7. The van der Waals surface area contributed by atoms with E-state index in [1.165, 1.54) is 27.8 Å². The maximum atomic E-state index is 3.70. The molecule has 0 aliphatic heterocycles. The van der Waals surface area contributed by atoms with Crippen LogP contribution < -0.4 is 5.32 Å². The van der Waals surface area contributed by atoms with Gasteiger partial charge in [0, 0.05) is 4.47 Å². The molecular weight excluding hydrogens is 310 g/mol. The fourth-order valence-electron chi connectivity index (χ4n) is 2.55. The minimum Gasteiger partial charge on any atom is -0.306 e. The van der Waals surface area contributed by atoms with E-state index in [0.29, 0.717) is 0 Å². The van der Waals surface area contributed by atoms with Crippen LogP contribution in [0.4, 0.5) is 0 Å². The molecule has 0 saturated carbocycles.